The number of carbonyl (C=O) groups is 3. The maximum Gasteiger partial charge on any atom is 0.341 e. The van der Waals surface area contributed by atoms with E-state index >= 15 is 0 Å². The molecule has 2 aliphatic rings. The molecule has 1 aliphatic carbocycles. The van der Waals surface area contributed by atoms with Crippen LogP contribution in [0.15, 0.2) is 48.5 Å². The van der Waals surface area contributed by atoms with E-state index in [1.54, 1.807) is 30.3 Å². The highest BCUT2D eigenvalue weighted by molar-refractivity contribution is 5.98. The first-order valence-corrected chi connectivity index (χ1v) is 11.4. The van der Waals surface area contributed by atoms with E-state index in [1.807, 2.05) is 23.1 Å². The predicted octanol–water partition coefficient (Wildman–Crippen LogP) is 3.57. The lowest BCUT2D eigenvalue weighted by Crippen LogP contribution is -2.49. The number of methoxy groups -OCH3 is 2. The van der Waals surface area contributed by atoms with Crippen LogP contribution < -0.4 is 10.1 Å². The number of carbonyl (C=O) groups excluding carboxylic acids is 3. The van der Waals surface area contributed by atoms with Crippen LogP contribution in [0, 0.1) is 5.92 Å². The van der Waals surface area contributed by atoms with Gasteiger partial charge in [-0.15, -0.1) is 0 Å². The molecule has 33 heavy (non-hydrogen) atoms. The molecule has 2 fully saturated rings. The van der Waals surface area contributed by atoms with Crippen molar-refractivity contribution in [2.75, 3.05) is 14.2 Å². The SMILES string of the molecule is COC(=O)c1cc(CNC(=O)C2CC3CCCCC3N2C(=O)c2ccccc2)ccc1OC. The zero-order valence-electron chi connectivity index (χ0n) is 19.1. The lowest BCUT2D eigenvalue weighted by molar-refractivity contribution is -0.125. The van der Waals surface area contributed by atoms with Gasteiger partial charge in [-0.25, -0.2) is 4.79 Å². The molecule has 1 heterocycles. The summed E-state index contributed by atoms with van der Waals surface area (Å²) >= 11 is 0. The fourth-order valence-corrected chi connectivity index (χ4v) is 5.16. The molecule has 174 valence electrons. The fourth-order valence-electron chi connectivity index (χ4n) is 5.16. The van der Waals surface area contributed by atoms with Gasteiger partial charge < -0.3 is 19.7 Å². The summed E-state index contributed by atoms with van der Waals surface area (Å²) in [5, 5.41) is 2.98. The second-order valence-corrected chi connectivity index (χ2v) is 8.69. The minimum atomic E-state index is -0.500. The molecule has 7 nitrogen and oxygen atoms in total. The molecular weight excluding hydrogens is 420 g/mol. The summed E-state index contributed by atoms with van der Waals surface area (Å²) in [7, 11) is 2.80. The van der Waals surface area contributed by atoms with Gasteiger partial charge in [0.25, 0.3) is 5.91 Å². The molecule has 1 saturated carbocycles. The van der Waals surface area contributed by atoms with Crippen LogP contribution >= 0.6 is 0 Å². The number of hydrogen-bond acceptors (Lipinski definition) is 5. The molecule has 3 unspecified atom stereocenters. The standard InChI is InChI=1S/C26H30N2O5/c1-32-23-13-12-17(14-20(23)26(31)33-2)16-27-24(29)22-15-19-10-6-7-11-21(19)28(22)25(30)18-8-4-3-5-9-18/h3-5,8-9,12-14,19,21-22H,6-7,10-11,15-16H2,1-2H3,(H,27,29). The van der Waals surface area contributed by atoms with Crippen LogP contribution in [0.4, 0.5) is 0 Å². The Labute approximate surface area is 194 Å². The van der Waals surface area contributed by atoms with Crippen molar-refractivity contribution in [2.45, 2.75) is 50.7 Å². The monoisotopic (exact) mass is 450 g/mol. The van der Waals surface area contributed by atoms with Crippen molar-refractivity contribution >= 4 is 17.8 Å². The van der Waals surface area contributed by atoms with E-state index < -0.39 is 12.0 Å². The van der Waals surface area contributed by atoms with Gasteiger partial charge in [-0.1, -0.05) is 37.1 Å². The van der Waals surface area contributed by atoms with E-state index in [4.69, 9.17) is 9.47 Å². The van der Waals surface area contributed by atoms with Gasteiger partial charge >= 0.3 is 5.97 Å². The number of benzene rings is 2. The molecule has 1 aliphatic heterocycles. The van der Waals surface area contributed by atoms with Gasteiger partial charge in [0.2, 0.25) is 5.91 Å². The summed E-state index contributed by atoms with van der Waals surface area (Å²) in [6, 6.07) is 13.9. The largest absolute Gasteiger partial charge is 0.496 e. The maximum absolute atomic E-state index is 13.4. The van der Waals surface area contributed by atoms with Crippen molar-refractivity contribution in [3.8, 4) is 5.75 Å². The highest BCUT2D eigenvalue weighted by Gasteiger charge is 2.47. The molecular formula is C26H30N2O5. The Bertz CT molecular complexity index is 1020. The Hall–Kier alpha value is -3.35. The van der Waals surface area contributed by atoms with Gasteiger partial charge in [0, 0.05) is 18.2 Å². The molecule has 0 aromatic heterocycles. The molecule has 0 bridgehead atoms. The highest BCUT2D eigenvalue weighted by Crippen LogP contribution is 2.40. The molecule has 2 aromatic carbocycles. The minimum Gasteiger partial charge on any atom is -0.496 e. The quantitative estimate of drug-likeness (QED) is 0.680. The van der Waals surface area contributed by atoms with Crippen molar-refractivity contribution in [1.29, 1.82) is 0 Å². The Kier molecular flexibility index (Phi) is 6.96. The van der Waals surface area contributed by atoms with E-state index in [9.17, 15) is 14.4 Å². The minimum absolute atomic E-state index is 0.0809. The molecule has 7 heteroatoms. The van der Waals surface area contributed by atoms with Crippen LogP contribution in [0.3, 0.4) is 0 Å². The Morgan fingerprint density at radius 2 is 1.79 bits per heavy atom. The van der Waals surface area contributed by atoms with Gasteiger partial charge in [-0.05, 0) is 55.0 Å². The van der Waals surface area contributed by atoms with Gasteiger partial charge in [-0.3, -0.25) is 9.59 Å². The average molecular weight is 451 g/mol. The number of likely N-dealkylation sites (tertiary alicyclic amines) is 1. The summed E-state index contributed by atoms with van der Waals surface area (Å²) in [6.07, 6.45) is 4.90. The smallest absolute Gasteiger partial charge is 0.341 e. The summed E-state index contributed by atoms with van der Waals surface area (Å²) in [4.78, 5) is 40.6. The van der Waals surface area contributed by atoms with Crippen LogP contribution in [-0.4, -0.2) is 49.0 Å². The Morgan fingerprint density at radius 3 is 2.52 bits per heavy atom. The first-order chi connectivity index (χ1) is 16.0. The third-order valence-corrected chi connectivity index (χ3v) is 6.78. The number of ether oxygens (including phenoxy) is 2. The lowest BCUT2D eigenvalue weighted by atomic mass is 9.84. The number of amides is 2. The average Bonchev–Trinajstić information content (AvgIpc) is 3.26. The Balaban J connectivity index is 1.51. The van der Waals surface area contributed by atoms with Crippen molar-refractivity contribution < 1.29 is 23.9 Å². The van der Waals surface area contributed by atoms with Crippen molar-refractivity contribution in [3.63, 3.8) is 0 Å². The van der Waals surface area contributed by atoms with E-state index in [1.165, 1.54) is 14.2 Å². The number of nitrogens with zero attached hydrogens (tertiary/aromatic N) is 1. The normalized spacial score (nSPS) is 21.8. The number of rotatable bonds is 6. The van der Waals surface area contributed by atoms with Crippen LogP contribution in [0.1, 0.15) is 58.4 Å². The summed E-state index contributed by atoms with van der Waals surface area (Å²) in [6.45, 7) is 0.242. The number of hydrogen-bond donors (Lipinski definition) is 1. The third kappa shape index (κ3) is 4.72. The number of nitrogens with one attached hydrogen (secondary N) is 1. The number of esters is 1. The predicted molar refractivity (Wildman–Crippen MR) is 123 cm³/mol. The summed E-state index contributed by atoms with van der Waals surface area (Å²) in [5.41, 5.74) is 1.67. The van der Waals surface area contributed by atoms with Crippen molar-refractivity contribution in [1.82, 2.24) is 10.2 Å². The lowest BCUT2D eigenvalue weighted by Gasteiger charge is -2.33. The first kappa shape index (κ1) is 22.8. The second-order valence-electron chi connectivity index (χ2n) is 8.69. The van der Waals surface area contributed by atoms with E-state index in [-0.39, 0.29) is 24.4 Å². The molecule has 0 spiro atoms. The van der Waals surface area contributed by atoms with E-state index in [2.05, 4.69) is 5.32 Å². The van der Waals surface area contributed by atoms with Gasteiger partial charge in [0.05, 0.1) is 14.2 Å². The molecule has 3 atom stereocenters. The van der Waals surface area contributed by atoms with Crippen LogP contribution in [0.5, 0.6) is 5.75 Å². The maximum atomic E-state index is 13.4. The van der Waals surface area contributed by atoms with Gasteiger partial charge in [-0.2, -0.15) is 0 Å². The molecule has 1 saturated heterocycles. The van der Waals surface area contributed by atoms with Crippen molar-refractivity contribution in [2.24, 2.45) is 5.92 Å². The second kappa shape index (κ2) is 10.1. The van der Waals surface area contributed by atoms with Crippen LogP contribution in [0.25, 0.3) is 0 Å². The zero-order valence-corrected chi connectivity index (χ0v) is 19.1. The molecule has 2 amide bonds. The van der Waals surface area contributed by atoms with E-state index in [0.29, 0.717) is 29.2 Å². The van der Waals surface area contributed by atoms with E-state index in [0.717, 1.165) is 31.2 Å². The van der Waals surface area contributed by atoms with Gasteiger partial charge in [0.15, 0.2) is 0 Å². The Morgan fingerprint density at radius 1 is 1.03 bits per heavy atom. The summed E-state index contributed by atoms with van der Waals surface area (Å²) < 4.78 is 10.1. The first-order valence-electron chi connectivity index (χ1n) is 11.4. The topological polar surface area (TPSA) is 84.9 Å². The number of fused-ring (bicyclic) bond motifs is 1. The van der Waals surface area contributed by atoms with Gasteiger partial charge in [0.1, 0.15) is 17.4 Å². The molecule has 0 radical (unpaired) electrons. The van der Waals surface area contributed by atoms with Crippen LogP contribution in [-0.2, 0) is 16.1 Å². The highest BCUT2D eigenvalue weighted by atomic mass is 16.5. The zero-order chi connectivity index (χ0) is 23.4. The summed E-state index contributed by atoms with van der Waals surface area (Å²) in [5.74, 6) is 0.0247. The van der Waals surface area contributed by atoms with Crippen LogP contribution in [0.2, 0.25) is 0 Å². The molecule has 4 rings (SSSR count). The van der Waals surface area contributed by atoms with Crippen molar-refractivity contribution in [3.05, 3.63) is 65.2 Å². The fraction of sp³-hybridized carbons (Fsp3) is 0.423. The molecule has 1 N–H and O–H groups in total. The molecule has 2 aromatic rings. The third-order valence-electron chi connectivity index (χ3n) is 6.78.